The molecular formula is C12H14N2O4. The van der Waals surface area contributed by atoms with Gasteiger partial charge < -0.3 is 24.5 Å². The van der Waals surface area contributed by atoms with E-state index in [1.807, 2.05) is 6.07 Å². The molecule has 0 aliphatic carbocycles. The number of nitrogens with two attached hydrogens (primary N) is 1. The van der Waals surface area contributed by atoms with Crippen LogP contribution in [0.4, 0.5) is 5.88 Å². The maximum absolute atomic E-state index is 5.70. The Labute approximate surface area is 104 Å². The molecule has 6 heteroatoms. The van der Waals surface area contributed by atoms with Crippen molar-refractivity contribution in [3.8, 4) is 28.4 Å². The van der Waals surface area contributed by atoms with E-state index in [2.05, 4.69) is 5.16 Å². The second kappa shape index (κ2) is 4.87. The van der Waals surface area contributed by atoms with E-state index in [0.717, 1.165) is 5.56 Å². The zero-order valence-corrected chi connectivity index (χ0v) is 10.4. The van der Waals surface area contributed by atoms with Crippen molar-refractivity contribution >= 4 is 5.88 Å². The van der Waals surface area contributed by atoms with Crippen LogP contribution in [0.2, 0.25) is 0 Å². The maximum Gasteiger partial charge on any atom is 0.230 e. The lowest BCUT2D eigenvalue weighted by molar-refractivity contribution is 0.325. The molecule has 0 aliphatic rings. The summed E-state index contributed by atoms with van der Waals surface area (Å²) < 4.78 is 20.7. The summed E-state index contributed by atoms with van der Waals surface area (Å²) in [5, 5.41) is 3.64. The van der Waals surface area contributed by atoms with Gasteiger partial charge in [0.1, 0.15) is 0 Å². The minimum absolute atomic E-state index is 0.223. The fourth-order valence-corrected chi connectivity index (χ4v) is 1.76. The molecule has 1 aromatic heterocycles. The number of ether oxygens (including phenoxy) is 3. The van der Waals surface area contributed by atoms with Gasteiger partial charge in [-0.25, -0.2) is 0 Å². The van der Waals surface area contributed by atoms with E-state index in [-0.39, 0.29) is 5.88 Å². The van der Waals surface area contributed by atoms with Gasteiger partial charge in [0.15, 0.2) is 11.5 Å². The normalized spacial score (nSPS) is 10.2. The Hall–Kier alpha value is -2.37. The van der Waals surface area contributed by atoms with E-state index < -0.39 is 0 Å². The third-order valence-corrected chi connectivity index (χ3v) is 2.59. The molecular weight excluding hydrogens is 236 g/mol. The van der Waals surface area contributed by atoms with Gasteiger partial charge in [0.25, 0.3) is 0 Å². The van der Waals surface area contributed by atoms with E-state index in [1.54, 1.807) is 27.4 Å². The molecule has 0 bridgehead atoms. The second-order valence-electron chi connectivity index (χ2n) is 3.49. The number of anilines is 1. The van der Waals surface area contributed by atoms with Crippen LogP contribution in [0.15, 0.2) is 22.9 Å². The third-order valence-electron chi connectivity index (χ3n) is 2.59. The first-order chi connectivity index (χ1) is 8.72. The van der Waals surface area contributed by atoms with Gasteiger partial charge in [0, 0.05) is 5.56 Å². The van der Waals surface area contributed by atoms with E-state index in [4.69, 9.17) is 24.5 Å². The number of nitrogen functional groups attached to an aromatic ring is 1. The number of benzene rings is 1. The van der Waals surface area contributed by atoms with Gasteiger partial charge in [-0.15, -0.1) is 0 Å². The summed E-state index contributed by atoms with van der Waals surface area (Å²) in [6.45, 7) is 0. The topological polar surface area (TPSA) is 79.7 Å². The molecule has 0 radical (unpaired) electrons. The standard InChI is InChI=1S/C12H14N2O4/c1-15-9-5-4-7(8-6-14-18-12(8)13)10(16-2)11(9)17-3/h4-6H,13H2,1-3H3. The van der Waals surface area contributed by atoms with Crippen LogP contribution in [0.5, 0.6) is 17.2 Å². The van der Waals surface area contributed by atoms with Crippen LogP contribution in [0.1, 0.15) is 0 Å². The molecule has 18 heavy (non-hydrogen) atoms. The van der Waals surface area contributed by atoms with Crippen molar-refractivity contribution in [2.45, 2.75) is 0 Å². The van der Waals surface area contributed by atoms with Gasteiger partial charge >= 0.3 is 0 Å². The van der Waals surface area contributed by atoms with Crippen LogP contribution in [-0.2, 0) is 0 Å². The molecule has 1 aromatic carbocycles. The van der Waals surface area contributed by atoms with Crippen molar-refractivity contribution < 1.29 is 18.7 Å². The molecule has 0 aliphatic heterocycles. The Morgan fingerprint density at radius 2 is 1.72 bits per heavy atom. The van der Waals surface area contributed by atoms with Gasteiger partial charge in [0.05, 0.1) is 33.1 Å². The predicted molar refractivity (Wildman–Crippen MR) is 66.0 cm³/mol. The van der Waals surface area contributed by atoms with E-state index in [9.17, 15) is 0 Å². The van der Waals surface area contributed by atoms with Gasteiger partial charge in [0.2, 0.25) is 11.6 Å². The Balaban J connectivity index is 2.66. The lowest BCUT2D eigenvalue weighted by atomic mass is 10.1. The minimum Gasteiger partial charge on any atom is -0.493 e. The summed E-state index contributed by atoms with van der Waals surface area (Å²) in [5.41, 5.74) is 7.08. The number of methoxy groups -OCH3 is 3. The van der Waals surface area contributed by atoms with Crippen LogP contribution in [0, 0.1) is 0 Å². The van der Waals surface area contributed by atoms with Crippen LogP contribution in [0.3, 0.4) is 0 Å². The minimum atomic E-state index is 0.223. The first-order valence-corrected chi connectivity index (χ1v) is 5.22. The van der Waals surface area contributed by atoms with Gasteiger partial charge in [-0.05, 0) is 12.1 Å². The largest absolute Gasteiger partial charge is 0.493 e. The van der Waals surface area contributed by atoms with Crippen molar-refractivity contribution in [1.82, 2.24) is 5.16 Å². The van der Waals surface area contributed by atoms with Crippen LogP contribution in [-0.4, -0.2) is 26.5 Å². The number of nitrogens with zero attached hydrogens (tertiary/aromatic N) is 1. The molecule has 0 amide bonds. The van der Waals surface area contributed by atoms with Crippen molar-refractivity contribution in [2.24, 2.45) is 0 Å². The van der Waals surface area contributed by atoms with E-state index >= 15 is 0 Å². The summed E-state index contributed by atoms with van der Waals surface area (Å²) in [7, 11) is 4.65. The first-order valence-electron chi connectivity index (χ1n) is 5.22. The highest BCUT2D eigenvalue weighted by Crippen LogP contribution is 2.45. The van der Waals surface area contributed by atoms with Gasteiger partial charge in [-0.3, -0.25) is 0 Å². The summed E-state index contributed by atoms with van der Waals surface area (Å²) in [6, 6.07) is 3.58. The Morgan fingerprint density at radius 3 is 2.22 bits per heavy atom. The lowest BCUT2D eigenvalue weighted by Crippen LogP contribution is -1.97. The van der Waals surface area contributed by atoms with Gasteiger partial charge in [-0.2, -0.15) is 0 Å². The molecule has 0 atom stereocenters. The van der Waals surface area contributed by atoms with Crippen molar-refractivity contribution in [3.05, 3.63) is 18.3 Å². The second-order valence-corrected chi connectivity index (χ2v) is 3.49. The van der Waals surface area contributed by atoms with Crippen LogP contribution in [0.25, 0.3) is 11.1 Å². The highest BCUT2D eigenvalue weighted by atomic mass is 16.5. The molecule has 2 aromatic rings. The predicted octanol–water partition coefficient (Wildman–Crippen LogP) is 1.95. The molecule has 0 spiro atoms. The first kappa shape index (κ1) is 12.1. The van der Waals surface area contributed by atoms with Crippen molar-refractivity contribution in [3.63, 3.8) is 0 Å². The van der Waals surface area contributed by atoms with E-state index in [0.29, 0.717) is 22.8 Å². The lowest BCUT2D eigenvalue weighted by Gasteiger charge is -2.14. The number of hydrogen-bond donors (Lipinski definition) is 1. The molecule has 0 unspecified atom stereocenters. The Morgan fingerprint density at radius 1 is 1.00 bits per heavy atom. The molecule has 0 saturated carbocycles. The average Bonchev–Trinajstić information content (AvgIpc) is 2.82. The fourth-order valence-electron chi connectivity index (χ4n) is 1.76. The Bertz CT molecular complexity index is 551. The monoisotopic (exact) mass is 250 g/mol. The summed E-state index contributed by atoms with van der Waals surface area (Å²) in [5.74, 6) is 1.82. The zero-order chi connectivity index (χ0) is 13.1. The van der Waals surface area contributed by atoms with Crippen LogP contribution >= 0.6 is 0 Å². The SMILES string of the molecule is COc1ccc(-c2cnoc2N)c(OC)c1OC. The highest BCUT2D eigenvalue weighted by Gasteiger charge is 2.19. The molecule has 2 N–H and O–H groups in total. The quantitative estimate of drug-likeness (QED) is 0.893. The summed E-state index contributed by atoms with van der Waals surface area (Å²) in [6.07, 6.45) is 1.53. The zero-order valence-electron chi connectivity index (χ0n) is 10.4. The molecule has 1 heterocycles. The van der Waals surface area contributed by atoms with Crippen molar-refractivity contribution in [2.75, 3.05) is 27.1 Å². The average molecular weight is 250 g/mol. The smallest absolute Gasteiger partial charge is 0.230 e. The molecule has 6 nitrogen and oxygen atoms in total. The molecule has 2 rings (SSSR count). The molecule has 0 fully saturated rings. The van der Waals surface area contributed by atoms with Gasteiger partial charge in [-0.1, -0.05) is 5.16 Å². The number of aromatic nitrogens is 1. The number of rotatable bonds is 4. The molecule has 0 saturated heterocycles. The maximum atomic E-state index is 5.70. The van der Waals surface area contributed by atoms with E-state index in [1.165, 1.54) is 6.20 Å². The van der Waals surface area contributed by atoms with Crippen LogP contribution < -0.4 is 19.9 Å². The number of hydrogen-bond acceptors (Lipinski definition) is 6. The third kappa shape index (κ3) is 1.81. The summed E-state index contributed by atoms with van der Waals surface area (Å²) in [4.78, 5) is 0. The molecule has 96 valence electrons. The fraction of sp³-hybridized carbons (Fsp3) is 0.250. The highest BCUT2D eigenvalue weighted by molar-refractivity contribution is 5.81. The summed E-state index contributed by atoms with van der Waals surface area (Å²) >= 11 is 0. The van der Waals surface area contributed by atoms with Crippen molar-refractivity contribution in [1.29, 1.82) is 0 Å². The Kier molecular flexibility index (Phi) is 3.27.